The average molecular weight is 426 g/mol. The van der Waals surface area contributed by atoms with Crippen LogP contribution in [0.15, 0.2) is 36.4 Å². The number of benzene rings is 2. The van der Waals surface area contributed by atoms with Crippen molar-refractivity contribution >= 4 is 44.7 Å². The molecule has 0 bridgehead atoms. The molecule has 10 heteroatoms. The summed E-state index contributed by atoms with van der Waals surface area (Å²) in [5.41, 5.74) is -0.954. The fourth-order valence-corrected chi connectivity index (χ4v) is 2.80. The van der Waals surface area contributed by atoms with E-state index in [0.29, 0.717) is 0 Å². The summed E-state index contributed by atoms with van der Waals surface area (Å²) in [6.07, 6.45) is -3.30. The lowest BCUT2D eigenvalue weighted by molar-refractivity contribution is -0.137. The maximum atomic E-state index is 12.7. The molecule has 0 heterocycles. The Kier molecular flexibility index (Phi) is 5.79. The Labute approximate surface area is 158 Å². The monoisotopic (exact) mass is 425 g/mol. The smallest absolute Gasteiger partial charge is 0.416 e. The summed E-state index contributed by atoms with van der Waals surface area (Å²) in [5.74, 6) is 2.64. The van der Waals surface area contributed by atoms with E-state index in [4.69, 9.17) is 27.9 Å². The van der Waals surface area contributed by atoms with Gasteiger partial charge in [0.2, 0.25) is 0 Å². The molecule has 2 aromatic rings. The van der Waals surface area contributed by atoms with Crippen LogP contribution in [0, 0.1) is 0 Å². The van der Waals surface area contributed by atoms with Crippen LogP contribution in [-0.4, -0.2) is 22.2 Å². The van der Waals surface area contributed by atoms with Gasteiger partial charge in [-0.05, 0) is 42.3 Å². The number of nitrogens with one attached hydrogen (secondary N) is 1. The molecule has 1 unspecified atom stereocenters. The molecule has 0 aliphatic carbocycles. The summed E-state index contributed by atoms with van der Waals surface area (Å²) >= 11 is 11.8. The summed E-state index contributed by atoms with van der Waals surface area (Å²) in [4.78, 5) is 12.1. The van der Waals surface area contributed by atoms with Crippen molar-refractivity contribution in [2.45, 2.75) is 6.18 Å². The van der Waals surface area contributed by atoms with Crippen molar-refractivity contribution in [3.05, 3.63) is 57.6 Å². The molecule has 26 heavy (non-hydrogen) atoms. The van der Waals surface area contributed by atoms with Gasteiger partial charge in [-0.1, -0.05) is 23.2 Å². The Bertz CT molecular complexity index is 960. The van der Waals surface area contributed by atoms with Crippen molar-refractivity contribution in [3.8, 4) is 11.5 Å². The molecule has 4 nitrogen and oxygen atoms in total. The van der Waals surface area contributed by atoms with E-state index in [1.807, 2.05) is 0 Å². The fraction of sp³-hybridized carbons (Fsp3) is 0.125. The number of halogens is 5. The molecule has 0 aromatic heterocycles. The second kappa shape index (κ2) is 7.38. The van der Waals surface area contributed by atoms with E-state index in [1.165, 1.54) is 24.5 Å². The molecular formula is C16H12Cl2F3NO3S. The maximum absolute atomic E-state index is 12.7. The summed E-state index contributed by atoms with van der Waals surface area (Å²) in [6, 6.07) is 6.62. The lowest BCUT2D eigenvalue weighted by atomic mass is 10.2. The number of carbonyl (C=O) groups excluding carboxylic acids is 1. The van der Waals surface area contributed by atoms with Crippen LogP contribution in [0.2, 0.25) is 10.0 Å². The molecule has 0 saturated carbocycles. The second-order valence-electron chi connectivity index (χ2n) is 5.32. The number of hydrogen-bond donors (Lipinski definition) is 1. The Morgan fingerprint density at radius 3 is 2.35 bits per heavy atom. The van der Waals surface area contributed by atoms with Crippen LogP contribution in [0.5, 0.6) is 11.5 Å². The molecule has 140 valence electrons. The number of amides is 1. The maximum Gasteiger partial charge on any atom is 0.416 e. The standard InChI is InChI=1S/C16H12Cl2F3NO3S/c1-26(2,24)22-15(23)11-8-10(4-5-12(11)17)25-14-6-3-9(7-13(14)18)16(19,20)21/h3-8H,1H2,2H3,(H,22,23,24). The Morgan fingerprint density at radius 2 is 1.81 bits per heavy atom. The van der Waals surface area contributed by atoms with E-state index in [9.17, 15) is 22.2 Å². The predicted molar refractivity (Wildman–Crippen MR) is 96.6 cm³/mol. The quantitative estimate of drug-likeness (QED) is 0.715. The minimum absolute atomic E-state index is 0.0366. The van der Waals surface area contributed by atoms with Gasteiger partial charge in [0, 0.05) is 16.0 Å². The first-order valence-corrected chi connectivity index (χ1v) is 9.74. The summed E-state index contributed by atoms with van der Waals surface area (Å²) in [6.45, 7) is 0. The molecule has 1 N–H and O–H groups in total. The van der Waals surface area contributed by atoms with Crippen LogP contribution < -0.4 is 9.46 Å². The van der Waals surface area contributed by atoms with Gasteiger partial charge in [-0.25, -0.2) is 4.21 Å². The highest BCUT2D eigenvalue weighted by atomic mass is 35.5. The molecule has 1 atom stereocenters. The molecular weight excluding hydrogens is 414 g/mol. The minimum atomic E-state index is -4.53. The van der Waals surface area contributed by atoms with Crippen molar-refractivity contribution in [2.75, 3.05) is 6.26 Å². The van der Waals surface area contributed by atoms with E-state index in [-0.39, 0.29) is 27.1 Å². The van der Waals surface area contributed by atoms with Crippen LogP contribution in [-0.2, 0) is 15.9 Å². The van der Waals surface area contributed by atoms with Gasteiger partial charge in [-0.2, -0.15) is 13.2 Å². The van der Waals surface area contributed by atoms with Crippen molar-refractivity contribution in [3.63, 3.8) is 0 Å². The minimum Gasteiger partial charge on any atom is -0.456 e. The van der Waals surface area contributed by atoms with Crippen molar-refractivity contribution in [2.24, 2.45) is 0 Å². The molecule has 0 saturated heterocycles. The van der Waals surface area contributed by atoms with Gasteiger partial charge >= 0.3 is 6.18 Å². The topological polar surface area (TPSA) is 55.4 Å². The van der Waals surface area contributed by atoms with E-state index < -0.39 is 27.4 Å². The fourth-order valence-electron chi connectivity index (χ4n) is 1.88. The van der Waals surface area contributed by atoms with Crippen molar-refractivity contribution < 1.29 is 26.9 Å². The van der Waals surface area contributed by atoms with Gasteiger partial charge < -0.3 is 4.74 Å². The molecule has 2 rings (SSSR count). The third-order valence-electron chi connectivity index (χ3n) is 2.98. The van der Waals surface area contributed by atoms with Gasteiger partial charge in [0.25, 0.3) is 5.91 Å². The highest BCUT2D eigenvalue weighted by molar-refractivity contribution is 7.98. The van der Waals surface area contributed by atoms with Crippen LogP contribution in [0.3, 0.4) is 0 Å². The van der Waals surface area contributed by atoms with Crippen molar-refractivity contribution in [1.29, 1.82) is 0 Å². The number of rotatable bonds is 4. The van der Waals surface area contributed by atoms with Gasteiger partial charge in [0.15, 0.2) is 0 Å². The number of ether oxygens (including phenoxy) is 1. The van der Waals surface area contributed by atoms with E-state index in [2.05, 4.69) is 10.6 Å². The second-order valence-corrected chi connectivity index (χ2v) is 8.35. The third-order valence-corrected chi connectivity index (χ3v) is 4.22. The zero-order chi connectivity index (χ0) is 19.7. The SMILES string of the molecule is C=S(C)(=O)NC(=O)c1cc(Oc2ccc(C(F)(F)F)cc2Cl)ccc1Cl. The molecule has 2 aromatic carbocycles. The zero-order valence-electron chi connectivity index (χ0n) is 13.2. The Balaban J connectivity index is 2.31. The van der Waals surface area contributed by atoms with Crippen LogP contribution >= 0.6 is 23.2 Å². The van der Waals surface area contributed by atoms with Crippen LogP contribution in [0.1, 0.15) is 15.9 Å². The third kappa shape index (κ3) is 5.30. The normalized spacial score (nSPS) is 13.8. The lowest BCUT2D eigenvalue weighted by Gasteiger charge is -2.13. The molecule has 1 amide bonds. The molecule has 0 spiro atoms. The van der Waals surface area contributed by atoms with Crippen molar-refractivity contribution in [1.82, 2.24) is 4.72 Å². The highest BCUT2D eigenvalue weighted by Crippen LogP contribution is 2.36. The van der Waals surface area contributed by atoms with Crippen LogP contribution in [0.25, 0.3) is 0 Å². The Morgan fingerprint density at radius 1 is 1.15 bits per heavy atom. The van der Waals surface area contributed by atoms with Crippen LogP contribution in [0.4, 0.5) is 13.2 Å². The molecule has 0 fully saturated rings. The van der Waals surface area contributed by atoms with E-state index >= 15 is 0 Å². The first-order valence-electron chi connectivity index (χ1n) is 6.85. The largest absolute Gasteiger partial charge is 0.456 e. The van der Waals surface area contributed by atoms with Gasteiger partial charge in [0.05, 0.1) is 21.2 Å². The lowest BCUT2D eigenvalue weighted by Crippen LogP contribution is -2.29. The molecule has 0 radical (unpaired) electrons. The first kappa shape index (κ1) is 20.4. The first-order chi connectivity index (χ1) is 11.9. The summed E-state index contributed by atoms with van der Waals surface area (Å²) < 4.78 is 57.2. The van der Waals surface area contributed by atoms with Gasteiger partial charge in [0.1, 0.15) is 11.5 Å². The van der Waals surface area contributed by atoms with E-state index in [0.717, 1.165) is 18.2 Å². The van der Waals surface area contributed by atoms with Gasteiger partial charge in [-0.15, -0.1) is 0 Å². The molecule has 0 aliphatic rings. The Hall–Kier alpha value is -1.90. The molecule has 0 aliphatic heterocycles. The predicted octanol–water partition coefficient (Wildman–Crippen LogP) is 4.80. The zero-order valence-corrected chi connectivity index (χ0v) is 15.5. The number of alkyl halides is 3. The van der Waals surface area contributed by atoms with Gasteiger partial charge in [-0.3, -0.25) is 9.52 Å². The average Bonchev–Trinajstić information content (AvgIpc) is 2.48. The number of carbonyl (C=O) groups is 1. The van der Waals surface area contributed by atoms with E-state index in [1.54, 1.807) is 0 Å². The summed E-state index contributed by atoms with van der Waals surface area (Å²) in [7, 11) is -2.81. The summed E-state index contributed by atoms with van der Waals surface area (Å²) in [5, 5.41) is -0.188. The highest BCUT2D eigenvalue weighted by Gasteiger charge is 2.31. The number of hydrogen-bond acceptors (Lipinski definition) is 3.